The standard InChI is InChI=1S/C22H27N5O3/c1-5-30-21(29)12-19(17-8-6-14(2)7-9-17)26-20(28)11-10-18-15(3)25-22-23-13-24-27(22)16(18)4/h6-9,13,19H,5,10-12H2,1-4H3,(H,26,28)/t19-/m0/s1. The molecule has 0 radical (unpaired) electrons. The molecule has 8 heteroatoms. The van der Waals surface area contributed by atoms with Gasteiger partial charge >= 0.3 is 5.97 Å². The van der Waals surface area contributed by atoms with Crippen molar-refractivity contribution in [3.63, 3.8) is 0 Å². The van der Waals surface area contributed by atoms with Gasteiger partial charge in [0, 0.05) is 17.8 Å². The van der Waals surface area contributed by atoms with Crippen LogP contribution in [-0.4, -0.2) is 38.1 Å². The summed E-state index contributed by atoms with van der Waals surface area (Å²) in [6.07, 6.45) is 2.35. The number of fused-ring (bicyclic) bond motifs is 1. The van der Waals surface area contributed by atoms with Crippen LogP contribution < -0.4 is 5.32 Å². The second-order valence-electron chi connectivity index (χ2n) is 7.27. The van der Waals surface area contributed by atoms with E-state index in [-0.39, 0.29) is 24.7 Å². The summed E-state index contributed by atoms with van der Waals surface area (Å²) in [5, 5.41) is 7.17. The second-order valence-corrected chi connectivity index (χ2v) is 7.27. The molecule has 0 unspecified atom stereocenters. The molecule has 30 heavy (non-hydrogen) atoms. The highest BCUT2D eigenvalue weighted by Gasteiger charge is 2.20. The quantitative estimate of drug-likeness (QED) is 0.575. The van der Waals surface area contributed by atoms with E-state index < -0.39 is 6.04 Å². The lowest BCUT2D eigenvalue weighted by Gasteiger charge is -2.19. The Morgan fingerprint density at radius 3 is 2.60 bits per heavy atom. The maximum absolute atomic E-state index is 12.7. The average Bonchev–Trinajstić information content (AvgIpc) is 3.16. The van der Waals surface area contributed by atoms with E-state index in [2.05, 4.69) is 20.4 Å². The normalized spacial score (nSPS) is 12.0. The monoisotopic (exact) mass is 409 g/mol. The largest absolute Gasteiger partial charge is 0.466 e. The van der Waals surface area contributed by atoms with Gasteiger partial charge in [-0.15, -0.1) is 0 Å². The van der Waals surface area contributed by atoms with E-state index >= 15 is 0 Å². The van der Waals surface area contributed by atoms with Crippen molar-refractivity contribution in [2.75, 3.05) is 6.61 Å². The van der Waals surface area contributed by atoms with Crippen molar-refractivity contribution in [3.05, 3.63) is 58.7 Å². The molecule has 0 aliphatic rings. The first-order valence-electron chi connectivity index (χ1n) is 10.1. The predicted octanol–water partition coefficient (Wildman–Crippen LogP) is 2.79. The maximum Gasteiger partial charge on any atom is 0.308 e. The minimum absolute atomic E-state index is 0.0904. The van der Waals surface area contributed by atoms with Gasteiger partial charge in [0.05, 0.1) is 19.1 Å². The Hall–Kier alpha value is -3.29. The number of nitrogens with zero attached hydrogens (tertiary/aromatic N) is 4. The van der Waals surface area contributed by atoms with Gasteiger partial charge in [0.1, 0.15) is 6.33 Å². The summed E-state index contributed by atoms with van der Waals surface area (Å²) < 4.78 is 6.76. The molecule has 0 saturated heterocycles. The number of carbonyl (C=O) groups excluding carboxylic acids is 2. The molecule has 0 spiro atoms. The Labute approximate surface area is 175 Å². The Morgan fingerprint density at radius 2 is 1.90 bits per heavy atom. The van der Waals surface area contributed by atoms with Gasteiger partial charge in [-0.25, -0.2) is 9.50 Å². The van der Waals surface area contributed by atoms with E-state index in [1.165, 1.54) is 6.33 Å². The molecule has 0 saturated carbocycles. The number of aryl methyl sites for hydroxylation is 3. The second kappa shape index (κ2) is 9.47. The first-order chi connectivity index (χ1) is 14.4. The molecule has 8 nitrogen and oxygen atoms in total. The summed E-state index contributed by atoms with van der Waals surface area (Å²) >= 11 is 0. The maximum atomic E-state index is 12.7. The Balaban J connectivity index is 1.71. The molecule has 158 valence electrons. The molecular weight excluding hydrogens is 382 g/mol. The topological polar surface area (TPSA) is 98.5 Å². The Bertz CT molecular complexity index is 1040. The van der Waals surface area contributed by atoms with Crippen molar-refractivity contribution in [2.45, 2.75) is 53.0 Å². The molecule has 3 rings (SSSR count). The first kappa shape index (κ1) is 21.4. The lowest BCUT2D eigenvalue weighted by Crippen LogP contribution is -2.31. The number of aromatic nitrogens is 4. The lowest BCUT2D eigenvalue weighted by atomic mass is 10.0. The fourth-order valence-electron chi connectivity index (χ4n) is 3.46. The number of nitrogens with one attached hydrogen (secondary N) is 1. The first-order valence-corrected chi connectivity index (χ1v) is 10.1. The molecule has 1 amide bonds. The van der Waals surface area contributed by atoms with E-state index in [4.69, 9.17) is 4.74 Å². The van der Waals surface area contributed by atoms with E-state index in [0.717, 1.165) is 28.1 Å². The van der Waals surface area contributed by atoms with Crippen LogP contribution in [0.1, 0.15) is 53.9 Å². The van der Waals surface area contributed by atoms with Crippen molar-refractivity contribution in [1.82, 2.24) is 24.9 Å². The number of amides is 1. The van der Waals surface area contributed by atoms with Gasteiger partial charge in [0.2, 0.25) is 5.91 Å². The molecular formula is C22H27N5O3. The van der Waals surface area contributed by atoms with Gasteiger partial charge in [-0.05, 0) is 45.2 Å². The number of hydrogen-bond acceptors (Lipinski definition) is 6. The highest BCUT2D eigenvalue weighted by atomic mass is 16.5. The molecule has 1 N–H and O–H groups in total. The smallest absolute Gasteiger partial charge is 0.308 e. The number of carbonyl (C=O) groups is 2. The molecule has 0 fully saturated rings. The fraction of sp³-hybridized carbons (Fsp3) is 0.409. The van der Waals surface area contributed by atoms with Crippen LogP contribution in [0.3, 0.4) is 0 Å². The van der Waals surface area contributed by atoms with Gasteiger partial charge in [-0.3, -0.25) is 9.59 Å². The zero-order valence-corrected chi connectivity index (χ0v) is 17.8. The molecule has 0 aliphatic heterocycles. The zero-order valence-electron chi connectivity index (χ0n) is 17.8. The van der Waals surface area contributed by atoms with Gasteiger partial charge in [-0.2, -0.15) is 10.1 Å². The molecule has 0 bridgehead atoms. The van der Waals surface area contributed by atoms with Crippen LogP contribution in [-0.2, 0) is 20.7 Å². The summed E-state index contributed by atoms with van der Waals surface area (Å²) in [5.74, 6) is 0.0744. The van der Waals surface area contributed by atoms with Crippen LogP contribution >= 0.6 is 0 Å². The molecule has 0 aliphatic carbocycles. The number of rotatable bonds is 8. The third-order valence-electron chi connectivity index (χ3n) is 5.08. The average molecular weight is 409 g/mol. The van der Waals surface area contributed by atoms with Gasteiger partial charge in [0.25, 0.3) is 5.78 Å². The van der Waals surface area contributed by atoms with Crippen molar-refractivity contribution < 1.29 is 14.3 Å². The van der Waals surface area contributed by atoms with Crippen LogP contribution in [0.25, 0.3) is 5.78 Å². The van der Waals surface area contributed by atoms with E-state index in [1.807, 2.05) is 45.0 Å². The number of ether oxygens (including phenoxy) is 1. The molecule has 1 atom stereocenters. The highest BCUT2D eigenvalue weighted by molar-refractivity contribution is 5.78. The number of esters is 1. The van der Waals surface area contributed by atoms with Gasteiger partial charge in [0.15, 0.2) is 0 Å². The number of hydrogen-bond donors (Lipinski definition) is 1. The summed E-state index contributed by atoms with van der Waals surface area (Å²) in [7, 11) is 0. The lowest BCUT2D eigenvalue weighted by molar-refractivity contribution is -0.143. The summed E-state index contributed by atoms with van der Waals surface area (Å²) in [6.45, 7) is 7.92. The molecule has 2 aromatic heterocycles. The van der Waals surface area contributed by atoms with Crippen LogP contribution in [0.15, 0.2) is 30.6 Å². The Kier molecular flexibility index (Phi) is 6.76. The van der Waals surface area contributed by atoms with Crippen LogP contribution in [0.4, 0.5) is 0 Å². The molecule has 3 aromatic rings. The van der Waals surface area contributed by atoms with Crippen LogP contribution in [0, 0.1) is 20.8 Å². The summed E-state index contributed by atoms with van der Waals surface area (Å²) in [4.78, 5) is 33.3. The van der Waals surface area contributed by atoms with Crippen molar-refractivity contribution in [2.24, 2.45) is 0 Å². The van der Waals surface area contributed by atoms with Crippen molar-refractivity contribution >= 4 is 17.7 Å². The van der Waals surface area contributed by atoms with Crippen LogP contribution in [0.2, 0.25) is 0 Å². The van der Waals surface area contributed by atoms with Crippen molar-refractivity contribution in [1.29, 1.82) is 0 Å². The van der Waals surface area contributed by atoms with Crippen LogP contribution in [0.5, 0.6) is 0 Å². The van der Waals surface area contributed by atoms with Crippen molar-refractivity contribution in [3.8, 4) is 0 Å². The Morgan fingerprint density at radius 1 is 1.17 bits per heavy atom. The van der Waals surface area contributed by atoms with Gasteiger partial charge < -0.3 is 10.1 Å². The zero-order chi connectivity index (χ0) is 21.7. The fourth-order valence-corrected chi connectivity index (χ4v) is 3.46. The summed E-state index contributed by atoms with van der Waals surface area (Å²) in [5.41, 5.74) is 4.72. The SMILES string of the molecule is CCOC(=O)C[C@H](NC(=O)CCc1c(C)nc2ncnn2c1C)c1ccc(C)cc1. The molecule has 1 aromatic carbocycles. The van der Waals surface area contributed by atoms with E-state index in [9.17, 15) is 9.59 Å². The van der Waals surface area contributed by atoms with E-state index in [0.29, 0.717) is 18.8 Å². The predicted molar refractivity (Wildman–Crippen MR) is 112 cm³/mol. The van der Waals surface area contributed by atoms with E-state index in [1.54, 1.807) is 11.4 Å². The minimum Gasteiger partial charge on any atom is -0.466 e. The third kappa shape index (κ3) is 5.00. The summed E-state index contributed by atoms with van der Waals surface area (Å²) in [6, 6.07) is 7.35. The minimum atomic E-state index is -0.435. The number of benzene rings is 1. The molecule has 2 heterocycles. The highest BCUT2D eigenvalue weighted by Crippen LogP contribution is 2.20. The third-order valence-corrected chi connectivity index (χ3v) is 5.08. The van der Waals surface area contributed by atoms with Gasteiger partial charge in [-0.1, -0.05) is 29.8 Å².